The summed E-state index contributed by atoms with van der Waals surface area (Å²) in [5.41, 5.74) is 14.6. The normalized spacial score (nSPS) is 23.5. The molecular formula is C28H40N8O4. The second kappa shape index (κ2) is 12.5. The quantitative estimate of drug-likeness (QED) is 0.318. The molecule has 1 saturated heterocycles. The van der Waals surface area contributed by atoms with Crippen LogP contribution in [0.1, 0.15) is 43.2 Å². The highest BCUT2D eigenvalue weighted by Gasteiger charge is 2.27. The topological polar surface area (TPSA) is 172 Å². The minimum Gasteiger partial charge on any atom is -0.395 e. The van der Waals surface area contributed by atoms with Crippen LogP contribution in [0.2, 0.25) is 0 Å². The number of carbonyl (C=O) groups excluding carboxylic acids is 2. The number of piperazine rings is 1. The molecule has 216 valence electrons. The van der Waals surface area contributed by atoms with E-state index in [4.69, 9.17) is 16.6 Å². The summed E-state index contributed by atoms with van der Waals surface area (Å²) in [7, 11) is 0. The number of rotatable bonds is 7. The van der Waals surface area contributed by atoms with Gasteiger partial charge in [-0.05, 0) is 67.9 Å². The number of aromatic nitrogens is 2. The van der Waals surface area contributed by atoms with Crippen LogP contribution in [0.5, 0.6) is 0 Å². The lowest BCUT2D eigenvalue weighted by atomic mass is 9.87. The monoisotopic (exact) mass is 552 g/mol. The van der Waals surface area contributed by atoms with Crippen molar-refractivity contribution in [2.45, 2.75) is 69.1 Å². The molecule has 5 rings (SSSR count). The predicted molar refractivity (Wildman–Crippen MR) is 151 cm³/mol. The number of hydrogen-bond acceptors (Lipinski definition) is 8. The Labute approximate surface area is 233 Å². The standard InChI is InChI=1S/C28H40N8O4/c29-20-3-5-23(15-20)31-22-4-1-19-14-24(6-2-18(19)13-22)36-8-7-25(33-28(36)40)32-27(39)35-11-9-34(10-12-35)26(38)16-21(30)17-37/h2,6-8,14,20-23,31,37H,1,3-5,9-13,15-17,29-30H2,(H,32,33,39,40)/t20-,21-,22?,23-/m0/s1. The number of nitrogens with two attached hydrogens (primary N) is 2. The first-order valence-electron chi connectivity index (χ1n) is 14.2. The Kier molecular flexibility index (Phi) is 8.79. The number of aliphatic hydroxyl groups excluding tert-OH is 1. The van der Waals surface area contributed by atoms with Crippen LogP contribution in [0.25, 0.3) is 5.69 Å². The van der Waals surface area contributed by atoms with E-state index in [-0.39, 0.29) is 30.8 Å². The number of anilines is 1. The van der Waals surface area contributed by atoms with Crippen molar-refractivity contribution in [2.24, 2.45) is 11.5 Å². The molecule has 0 spiro atoms. The van der Waals surface area contributed by atoms with Crippen LogP contribution in [0.4, 0.5) is 10.6 Å². The van der Waals surface area contributed by atoms with Gasteiger partial charge in [-0.1, -0.05) is 6.07 Å². The van der Waals surface area contributed by atoms with Crippen LogP contribution in [0, 0.1) is 0 Å². The Hall–Kier alpha value is -3.32. The number of nitrogens with one attached hydrogen (secondary N) is 2. The molecule has 2 heterocycles. The summed E-state index contributed by atoms with van der Waals surface area (Å²) in [6.07, 6.45) is 7.96. The smallest absolute Gasteiger partial charge is 0.354 e. The Morgan fingerprint density at radius 3 is 2.52 bits per heavy atom. The van der Waals surface area contributed by atoms with Crippen LogP contribution >= 0.6 is 0 Å². The Morgan fingerprint density at radius 1 is 1.05 bits per heavy atom. The van der Waals surface area contributed by atoms with E-state index in [9.17, 15) is 14.4 Å². The highest BCUT2D eigenvalue weighted by Crippen LogP contribution is 2.26. The van der Waals surface area contributed by atoms with Crippen LogP contribution in [0.3, 0.4) is 0 Å². The van der Waals surface area contributed by atoms with Crippen molar-refractivity contribution < 1.29 is 14.7 Å². The Morgan fingerprint density at radius 2 is 1.82 bits per heavy atom. The molecule has 1 aliphatic heterocycles. The summed E-state index contributed by atoms with van der Waals surface area (Å²) in [6.45, 7) is 1.21. The van der Waals surface area contributed by atoms with E-state index >= 15 is 0 Å². The molecule has 12 heteroatoms. The molecule has 1 unspecified atom stereocenters. The molecule has 2 aromatic rings. The third kappa shape index (κ3) is 6.69. The molecule has 7 N–H and O–H groups in total. The van der Waals surface area contributed by atoms with Crippen molar-refractivity contribution in [3.63, 3.8) is 0 Å². The van der Waals surface area contributed by atoms with Crippen LogP contribution < -0.4 is 27.8 Å². The number of aliphatic hydroxyl groups is 1. The summed E-state index contributed by atoms with van der Waals surface area (Å²) < 4.78 is 1.49. The van der Waals surface area contributed by atoms with E-state index < -0.39 is 11.7 Å². The number of fused-ring (bicyclic) bond motifs is 1. The summed E-state index contributed by atoms with van der Waals surface area (Å²) in [6, 6.07) is 8.05. The van der Waals surface area contributed by atoms with Gasteiger partial charge in [0, 0.05) is 63.0 Å². The molecule has 1 aromatic carbocycles. The Bertz CT molecular complexity index is 1280. The minimum atomic E-state index is -0.584. The molecule has 0 bridgehead atoms. The van der Waals surface area contributed by atoms with Crippen molar-refractivity contribution >= 4 is 17.8 Å². The number of aryl methyl sites for hydroxylation is 1. The zero-order chi connectivity index (χ0) is 28.2. The molecule has 1 aromatic heterocycles. The largest absolute Gasteiger partial charge is 0.395 e. The fourth-order valence-corrected chi connectivity index (χ4v) is 5.97. The molecular weight excluding hydrogens is 512 g/mol. The average molecular weight is 553 g/mol. The van der Waals surface area contributed by atoms with Crippen molar-refractivity contribution in [2.75, 3.05) is 38.1 Å². The fourth-order valence-electron chi connectivity index (χ4n) is 5.97. The van der Waals surface area contributed by atoms with E-state index in [0.29, 0.717) is 44.3 Å². The first kappa shape index (κ1) is 28.2. The summed E-state index contributed by atoms with van der Waals surface area (Å²) in [5, 5.41) is 15.5. The van der Waals surface area contributed by atoms with Gasteiger partial charge >= 0.3 is 11.7 Å². The second-order valence-electron chi connectivity index (χ2n) is 11.2. The SMILES string of the molecule is N[C@H](CO)CC(=O)N1CCN(C(=O)Nc2ccn(-c3ccc4c(c3)CCC(N[C@H]3CC[C@H](N)C3)C4)c(=O)n2)CC1. The van der Waals surface area contributed by atoms with Crippen molar-refractivity contribution in [3.8, 4) is 5.69 Å². The first-order chi connectivity index (χ1) is 19.3. The van der Waals surface area contributed by atoms with E-state index in [1.807, 2.05) is 6.07 Å². The van der Waals surface area contributed by atoms with Gasteiger partial charge in [0.1, 0.15) is 5.82 Å². The number of amides is 3. The van der Waals surface area contributed by atoms with E-state index in [1.165, 1.54) is 15.7 Å². The molecule has 3 amide bonds. The number of carbonyl (C=O) groups is 2. The predicted octanol–water partition coefficient (Wildman–Crippen LogP) is -0.0550. The summed E-state index contributed by atoms with van der Waals surface area (Å²) in [5.74, 6) is 0.0389. The van der Waals surface area contributed by atoms with Crippen molar-refractivity contribution in [1.29, 1.82) is 0 Å². The molecule has 0 radical (unpaired) electrons. The van der Waals surface area contributed by atoms with Gasteiger partial charge in [-0.15, -0.1) is 0 Å². The maximum atomic E-state index is 12.9. The molecule has 2 fully saturated rings. The summed E-state index contributed by atoms with van der Waals surface area (Å²) >= 11 is 0. The fraction of sp³-hybridized carbons (Fsp3) is 0.571. The Balaban J connectivity index is 1.15. The third-order valence-corrected chi connectivity index (χ3v) is 8.27. The molecule has 40 heavy (non-hydrogen) atoms. The van der Waals surface area contributed by atoms with Crippen LogP contribution in [-0.4, -0.2) is 93.3 Å². The molecule has 4 atom stereocenters. The van der Waals surface area contributed by atoms with Gasteiger partial charge in [0.2, 0.25) is 5.91 Å². The van der Waals surface area contributed by atoms with Gasteiger partial charge in [-0.3, -0.25) is 14.7 Å². The average Bonchev–Trinajstić information content (AvgIpc) is 3.37. The van der Waals surface area contributed by atoms with E-state index in [2.05, 4.69) is 27.8 Å². The van der Waals surface area contributed by atoms with Gasteiger partial charge in [0.25, 0.3) is 0 Å². The number of hydrogen-bond donors (Lipinski definition) is 5. The third-order valence-electron chi connectivity index (χ3n) is 8.27. The first-order valence-corrected chi connectivity index (χ1v) is 14.2. The summed E-state index contributed by atoms with van der Waals surface area (Å²) in [4.78, 5) is 45.2. The van der Waals surface area contributed by atoms with Crippen LogP contribution in [-0.2, 0) is 17.6 Å². The van der Waals surface area contributed by atoms with Gasteiger partial charge in [0.15, 0.2) is 0 Å². The molecule has 2 aliphatic carbocycles. The van der Waals surface area contributed by atoms with Gasteiger partial charge in [-0.25, -0.2) is 9.59 Å². The second-order valence-corrected chi connectivity index (χ2v) is 11.2. The van der Waals surface area contributed by atoms with E-state index in [0.717, 1.165) is 44.2 Å². The van der Waals surface area contributed by atoms with Gasteiger partial charge in [0.05, 0.1) is 12.3 Å². The van der Waals surface area contributed by atoms with Crippen molar-refractivity contribution in [3.05, 3.63) is 52.1 Å². The zero-order valence-corrected chi connectivity index (χ0v) is 22.8. The lowest BCUT2D eigenvalue weighted by Crippen LogP contribution is -2.52. The van der Waals surface area contributed by atoms with Gasteiger partial charge < -0.3 is 31.7 Å². The highest BCUT2D eigenvalue weighted by molar-refractivity contribution is 5.88. The minimum absolute atomic E-state index is 0.0703. The van der Waals surface area contributed by atoms with E-state index in [1.54, 1.807) is 22.1 Å². The lowest BCUT2D eigenvalue weighted by molar-refractivity contribution is -0.133. The van der Waals surface area contributed by atoms with Crippen LogP contribution in [0.15, 0.2) is 35.3 Å². The zero-order valence-electron chi connectivity index (χ0n) is 22.8. The number of benzene rings is 1. The van der Waals surface area contributed by atoms with Gasteiger partial charge in [-0.2, -0.15) is 4.98 Å². The maximum Gasteiger partial charge on any atom is 0.354 e. The number of urea groups is 1. The maximum absolute atomic E-state index is 12.9. The lowest BCUT2D eigenvalue weighted by Gasteiger charge is -2.35. The molecule has 12 nitrogen and oxygen atoms in total. The highest BCUT2D eigenvalue weighted by atomic mass is 16.3. The molecule has 3 aliphatic rings. The number of nitrogens with zero attached hydrogens (tertiary/aromatic N) is 4. The van der Waals surface area contributed by atoms with Crippen molar-refractivity contribution in [1.82, 2.24) is 24.7 Å². The molecule has 1 saturated carbocycles.